The van der Waals surface area contributed by atoms with Gasteiger partial charge in [0.15, 0.2) is 0 Å². The first-order valence-electron chi connectivity index (χ1n) is 4.90. The quantitative estimate of drug-likeness (QED) is 0.566. The highest BCUT2D eigenvalue weighted by Crippen LogP contribution is 2.08. The molecule has 0 saturated carbocycles. The van der Waals surface area contributed by atoms with E-state index in [2.05, 4.69) is 10.8 Å². The van der Waals surface area contributed by atoms with E-state index in [1.54, 1.807) is 12.1 Å². The van der Waals surface area contributed by atoms with Gasteiger partial charge in [-0.05, 0) is 24.7 Å². The van der Waals surface area contributed by atoms with Gasteiger partial charge in [0.2, 0.25) is 0 Å². The molecule has 0 saturated heterocycles. The van der Waals surface area contributed by atoms with Crippen LogP contribution in [-0.2, 0) is 11.3 Å². The Balaban J connectivity index is 2.75. The monoisotopic (exact) mass is 218 g/mol. The van der Waals surface area contributed by atoms with Crippen molar-refractivity contribution in [3.63, 3.8) is 0 Å². The maximum absolute atomic E-state index is 11.3. The van der Waals surface area contributed by atoms with E-state index < -0.39 is 0 Å². The third-order valence-electron chi connectivity index (χ3n) is 2.14. The average Bonchev–Trinajstić information content (AvgIpc) is 2.28. The lowest BCUT2D eigenvalue weighted by molar-refractivity contribution is 0.0600. The van der Waals surface area contributed by atoms with Crippen molar-refractivity contribution in [2.75, 3.05) is 20.7 Å². The largest absolute Gasteiger partial charge is 0.465 e. The molecule has 0 atom stereocenters. The predicted octanol–water partition coefficient (Wildman–Crippen LogP) is 1.43. The highest BCUT2D eigenvalue weighted by atomic mass is 16.5. The summed E-state index contributed by atoms with van der Waals surface area (Å²) in [5.74, 6) is -0.343. The van der Waals surface area contributed by atoms with Gasteiger partial charge in [0.25, 0.3) is 0 Å². The molecule has 0 N–H and O–H groups in total. The minimum Gasteiger partial charge on any atom is -0.465 e. The van der Waals surface area contributed by atoms with Gasteiger partial charge in [-0.2, -0.15) is 5.26 Å². The molecule has 1 aromatic carbocycles. The molecule has 0 radical (unpaired) electrons. The summed E-state index contributed by atoms with van der Waals surface area (Å²) in [5, 5.41) is 8.53. The SMILES string of the molecule is COC(=O)c1cccc(CN(C)CC#N)c1. The minimum absolute atomic E-state index is 0.343. The van der Waals surface area contributed by atoms with Crippen LogP contribution in [0.2, 0.25) is 0 Å². The second kappa shape index (κ2) is 5.89. The van der Waals surface area contributed by atoms with Crippen molar-refractivity contribution >= 4 is 5.97 Å². The van der Waals surface area contributed by atoms with Gasteiger partial charge in [0.05, 0.1) is 25.3 Å². The van der Waals surface area contributed by atoms with Gasteiger partial charge >= 0.3 is 5.97 Å². The summed E-state index contributed by atoms with van der Waals surface area (Å²) < 4.78 is 4.64. The van der Waals surface area contributed by atoms with Gasteiger partial charge < -0.3 is 4.74 Å². The summed E-state index contributed by atoms with van der Waals surface area (Å²) >= 11 is 0. The Morgan fingerprint density at radius 2 is 2.31 bits per heavy atom. The number of hydrogen-bond acceptors (Lipinski definition) is 4. The first-order chi connectivity index (χ1) is 7.67. The zero-order valence-electron chi connectivity index (χ0n) is 9.43. The number of methoxy groups -OCH3 is 1. The number of hydrogen-bond donors (Lipinski definition) is 0. The number of nitriles is 1. The first-order valence-corrected chi connectivity index (χ1v) is 4.90. The molecule has 0 spiro atoms. The molecule has 0 amide bonds. The maximum Gasteiger partial charge on any atom is 0.337 e. The molecule has 0 aliphatic carbocycles. The van der Waals surface area contributed by atoms with E-state index in [0.29, 0.717) is 18.7 Å². The van der Waals surface area contributed by atoms with E-state index in [1.807, 2.05) is 24.1 Å². The zero-order valence-corrected chi connectivity index (χ0v) is 9.43. The van der Waals surface area contributed by atoms with Crippen molar-refractivity contribution in [3.8, 4) is 6.07 Å². The molecule has 4 nitrogen and oxygen atoms in total. The fourth-order valence-electron chi connectivity index (χ4n) is 1.40. The van der Waals surface area contributed by atoms with Crippen LogP contribution in [-0.4, -0.2) is 31.6 Å². The molecule has 16 heavy (non-hydrogen) atoms. The van der Waals surface area contributed by atoms with Crippen molar-refractivity contribution in [2.24, 2.45) is 0 Å². The Kier molecular flexibility index (Phi) is 4.49. The Hall–Kier alpha value is -1.86. The van der Waals surface area contributed by atoms with Crippen LogP contribution in [0.3, 0.4) is 0 Å². The van der Waals surface area contributed by atoms with E-state index in [9.17, 15) is 4.79 Å². The second-order valence-corrected chi connectivity index (χ2v) is 3.52. The van der Waals surface area contributed by atoms with Gasteiger partial charge in [-0.15, -0.1) is 0 Å². The van der Waals surface area contributed by atoms with Crippen LogP contribution >= 0.6 is 0 Å². The van der Waals surface area contributed by atoms with E-state index in [4.69, 9.17) is 5.26 Å². The maximum atomic E-state index is 11.3. The molecule has 0 heterocycles. The smallest absolute Gasteiger partial charge is 0.337 e. The number of esters is 1. The second-order valence-electron chi connectivity index (χ2n) is 3.52. The number of carbonyl (C=O) groups is 1. The van der Waals surface area contributed by atoms with Crippen LogP contribution in [0, 0.1) is 11.3 Å². The van der Waals surface area contributed by atoms with Gasteiger partial charge in [-0.1, -0.05) is 12.1 Å². The van der Waals surface area contributed by atoms with Gasteiger partial charge in [0, 0.05) is 6.54 Å². The van der Waals surface area contributed by atoms with Crippen LogP contribution in [0.25, 0.3) is 0 Å². The standard InChI is InChI=1S/C12H14N2O2/c1-14(7-6-13)9-10-4-3-5-11(8-10)12(15)16-2/h3-5,8H,7,9H2,1-2H3. The van der Waals surface area contributed by atoms with E-state index in [1.165, 1.54) is 7.11 Å². The lowest BCUT2D eigenvalue weighted by atomic mass is 10.1. The fourth-order valence-corrected chi connectivity index (χ4v) is 1.40. The number of nitrogens with zero attached hydrogens (tertiary/aromatic N) is 2. The normalized spacial score (nSPS) is 9.88. The molecule has 0 bridgehead atoms. The van der Waals surface area contributed by atoms with Crippen LogP contribution in [0.5, 0.6) is 0 Å². The predicted molar refractivity (Wildman–Crippen MR) is 59.7 cm³/mol. The van der Waals surface area contributed by atoms with Crippen LogP contribution in [0.1, 0.15) is 15.9 Å². The molecule has 1 aromatic rings. The van der Waals surface area contributed by atoms with Crippen LogP contribution in [0.4, 0.5) is 0 Å². The third-order valence-corrected chi connectivity index (χ3v) is 2.14. The lowest BCUT2D eigenvalue weighted by Gasteiger charge is -2.12. The molecule has 4 heteroatoms. The van der Waals surface area contributed by atoms with Gasteiger partial charge in [-0.25, -0.2) is 4.79 Å². The van der Waals surface area contributed by atoms with Gasteiger partial charge in [-0.3, -0.25) is 4.90 Å². The zero-order chi connectivity index (χ0) is 12.0. The van der Waals surface area contributed by atoms with Crippen molar-refractivity contribution in [1.82, 2.24) is 4.90 Å². The van der Waals surface area contributed by atoms with E-state index in [-0.39, 0.29) is 5.97 Å². The topological polar surface area (TPSA) is 53.3 Å². The molecule has 0 aliphatic heterocycles. The highest BCUT2D eigenvalue weighted by Gasteiger charge is 2.06. The van der Waals surface area contributed by atoms with E-state index in [0.717, 1.165) is 5.56 Å². The minimum atomic E-state index is -0.343. The summed E-state index contributed by atoms with van der Waals surface area (Å²) in [4.78, 5) is 13.2. The number of carbonyl (C=O) groups excluding carboxylic acids is 1. The number of benzene rings is 1. The van der Waals surface area contributed by atoms with Crippen molar-refractivity contribution in [1.29, 1.82) is 5.26 Å². The molecular formula is C12H14N2O2. The van der Waals surface area contributed by atoms with Gasteiger partial charge in [0.1, 0.15) is 0 Å². The summed E-state index contributed by atoms with van der Waals surface area (Å²) in [6, 6.07) is 9.28. The molecule has 1 rings (SSSR count). The summed E-state index contributed by atoms with van der Waals surface area (Å²) in [7, 11) is 3.21. The Labute approximate surface area is 95.0 Å². The molecule has 0 fully saturated rings. The molecular weight excluding hydrogens is 204 g/mol. The summed E-state index contributed by atoms with van der Waals surface area (Å²) in [6.45, 7) is 1.00. The summed E-state index contributed by atoms with van der Waals surface area (Å²) in [6.07, 6.45) is 0. The molecule has 0 unspecified atom stereocenters. The fraction of sp³-hybridized carbons (Fsp3) is 0.333. The average molecular weight is 218 g/mol. The first kappa shape index (κ1) is 12.2. The number of rotatable bonds is 4. The van der Waals surface area contributed by atoms with E-state index >= 15 is 0 Å². The Bertz CT molecular complexity index is 410. The lowest BCUT2D eigenvalue weighted by Crippen LogP contribution is -2.18. The Morgan fingerprint density at radius 1 is 1.56 bits per heavy atom. The van der Waals surface area contributed by atoms with Crippen molar-refractivity contribution in [2.45, 2.75) is 6.54 Å². The third kappa shape index (κ3) is 3.37. The van der Waals surface area contributed by atoms with Crippen LogP contribution < -0.4 is 0 Å². The van der Waals surface area contributed by atoms with Crippen molar-refractivity contribution in [3.05, 3.63) is 35.4 Å². The van der Waals surface area contributed by atoms with Crippen LogP contribution in [0.15, 0.2) is 24.3 Å². The number of ether oxygens (including phenoxy) is 1. The van der Waals surface area contributed by atoms with Crippen molar-refractivity contribution < 1.29 is 9.53 Å². The molecule has 0 aliphatic rings. The summed E-state index contributed by atoms with van der Waals surface area (Å²) in [5.41, 5.74) is 1.52. The highest BCUT2D eigenvalue weighted by molar-refractivity contribution is 5.89. The molecule has 84 valence electrons. The Morgan fingerprint density at radius 3 is 2.94 bits per heavy atom. The molecule has 0 aromatic heterocycles.